The molecule has 0 aromatic carbocycles. The Labute approximate surface area is 426 Å². The second kappa shape index (κ2) is 55.5. The number of phosphoric acid groups is 1. The molecular formula is C59H112NO8P. The van der Waals surface area contributed by atoms with Crippen LogP contribution in [0.3, 0.4) is 0 Å². The first-order valence-corrected chi connectivity index (χ1v) is 31.0. The van der Waals surface area contributed by atoms with Gasteiger partial charge in [-0.25, -0.2) is 4.57 Å². The van der Waals surface area contributed by atoms with Crippen LogP contribution in [-0.2, 0) is 32.7 Å². The molecule has 406 valence electrons. The first-order valence-electron chi connectivity index (χ1n) is 29.5. The average Bonchev–Trinajstić information content (AvgIpc) is 3.34. The summed E-state index contributed by atoms with van der Waals surface area (Å²) in [6, 6.07) is 0. The van der Waals surface area contributed by atoms with E-state index in [1.165, 1.54) is 205 Å². The van der Waals surface area contributed by atoms with Gasteiger partial charge in [0.15, 0.2) is 6.10 Å². The summed E-state index contributed by atoms with van der Waals surface area (Å²) < 4.78 is 33.0. The van der Waals surface area contributed by atoms with Gasteiger partial charge in [0.05, 0.1) is 13.2 Å². The number of phosphoric ester groups is 1. The predicted octanol–water partition coefficient (Wildman–Crippen LogP) is 18.4. The van der Waals surface area contributed by atoms with Gasteiger partial charge >= 0.3 is 19.8 Å². The molecule has 9 nitrogen and oxygen atoms in total. The van der Waals surface area contributed by atoms with Crippen molar-refractivity contribution in [2.75, 3.05) is 26.4 Å². The summed E-state index contributed by atoms with van der Waals surface area (Å²) in [5.41, 5.74) is 5.37. The Morgan fingerprint density at radius 2 is 0.754 bits per heavy atom. The Kier molecular flexibility index (Phi) is 54.1. The van der Waals surface area contributed by atoms with Crippen LogP contribution in [-0.4, -0.2) is 49.3 Å². The van der Waals surface area contributed by atoms with Gasteiger partial charge in [-0.05, 0) is 70.6 Å². The smallest absolute Gasteiger partial charge is 0.462 e. The molecule has 10 heteroatoms. The lowest BCUT2D eigenvalue weighted by atomic mass is 10.0. The van der Waals surface area contributed by atoms with Gasteiger partial charge < -0.3 is 20.1 Å². The molecule has 0 radical (unpaired) electrons. The quantitative estimate of drug-likeness (QED) is 0.0264. The maximum absolute atomic E-state index is 12.6. The van der Waals surface area contributed by atoms with E-state index < -0.39 is 26.5 Å². The van der Waals surface area contributed by atoms with Crippen LogP contribution in [0.25, 0.3) is 0 Å². The first-order chi connectivity index (χ1) is 33.8. The normalized spacial score (nSPS) is 13.3. The van der Waals surface area contributed by atoms with E-state index in [4.69, 9.17) is 24.3 Å². The molecule has 3 N–H and O–H groups in total. The van der Waals surface area contributed by atoms with Crippen molar-refractivity contribution in [3.05, 3.63) is 36.5 Å². The third kappa shape index (κ3) is 55.4. The number of hydrogen-bond donors (Lipinski definition) is 2. The van der Waals surface area contributed by atoms with Gasteiger partial charge in [0.1, 0.15) is 6.61 Å². The molecule has 0 saturated carbocycles. The molecule has 0 saturated heterocycles. The molecule has 0 fully saturated rings. The molecule has 0 aromatic heterocycles. The van der Waals surface area contributed by atoms with Crippen LogP contribution in [0.15, 0.2) is 36.5 Å². The van der Waals surface area contributed by atoms with Crippen molar-refractivity contribution < 1.29 is 37.6 Å². The average molecular weight is 995 g/mol. The van der Waals surface area contributed by atoms with Crippen molar-refractivity contribution in [3.63, 3.8) is 0 Å². The Balaban J connectivity index is 3.82. The van der Waals surface area contributed by atoms with E-state index in [0.29, 0.717) is 6.42 Å². The van der Waals surface area contributed by atoms with E-state index in [1.807, 2.05) is 0 Å². The number of unbranched alkanes of at least 4 members (excludes halogenated alkanes) is 37. The number of allylic oxidation sites excluding steroid dienone is 6. The Morgan fingerprint density at radius 3 is 1.14 bits per heavy atom. The van der Waals surface area contributed by atoms with Crippen LogP contribution >= 0.6 is 7.82 Å². The van der Waals surface area contributed by atoms with Gasteiger partial charge in [0.2, 0.25) is 0 Å². The van der Waals surface area contributed by atoms with Crippen molar-refractivity contribution in [3.8, 4) is 0 Å². The summed E-state index contributed by atoms with van der Waals surface area (Å²) in [5, 5.41) is 0. The minimum atomic E-state index is -4.39. The van der Waals surface area contributed by atoms with Gasteiger partial charge in [-0.1, -0.05) is 249 Å². The van der Waals surface area contributed by atoms with Gasteiger partial charge in [-0.15, -0.1) is 0 Å². The highest BCUT2D eigenvalue weighted by Crippen LogP contribution is 2.43. The lowest BCUT2D eigenvalue weighted by Gasteiger charge is -2.19. The van der Waals surface area contributed by atoms with Crippen molar-refractivity contribution in [1.82, 2.24) is 0 Å². The Morgan fingerprint density at radius 1 is 0.435 bits per heavy atom. The molecule has 2 unspecified atom stereocenters. The highest BCUT2D eigenvalue weighted by Gasteiger charge is 2.26. The molecule has 0 rings (SSSR count). The van der Waals surface area contributed by atoms with E-state index in [2.05, 4.69) is 50.3 Å². The molecule has 0 aliphatic rings. The summed E-state index contributed by atoms with van der Waals surface area (Å²) in [5.74, 6) is -0.832. The van der Waals surface area contributed by atoms with Gasteiger partial charge in [0, 0.05) is 19.4 Å². The van der Waals surface area contributed by atoms with Crippen LogP contribution in [0.2, 0.25) is 0 Å². The summed E-state index contributed by atoms with van der Waals surface area (Å²) >= 11 is 0. The number of ether oxygens (including phenoxy) is 2. The fourth-order valence-corrected chi connectivity index (χ4v) is 9.37. The lowest BCUT2D eigenvalue weighted by Crippen LogP contribution is -2.29. The van der Waals surface area contributed by atoms with E-state index >= 15 is 0 Å². The molecule has 0 heterocycles. The molecule has 0 aromatic rings. The SMILES string of the molecule is CCCCC/C=C\C/C=C\CCCCCCCC(=O)OC(COC(=O)CCCCCCCCCCCCCCCCCCCCCCC/C=C\CCCCCCCCCC)COP(=O)(O)OCCN. The zero-order valence-corrected chi connectivity index (χ0v) is 46.2. The van der Waals surface area contributed by atoms with E-state index in [0.717, 1.165) is 57.8 Å². The first kappa shape index (κ1) is 67.2. The van der Waals surface area contributed by atoms with Gasteiger partial charge in [-0.2, -0.15) is 0 Å². The third-order valence-electron chi connectivity index (χ3n) is 13.0. The fraction of sp³-hybridized carbons (Fsp3) is 0.864. The molecule has 69 heavy (non-hydrogen) atoms. The Bertz CT molecular complexity index is 1220. The molecule has 2 atom stereocenters. The van der Waals surface area contributed by atoms with Crippen LogP contribution in [0.1, 0.15) is 296 Å². The van der Waals surface area contributed by atoms with Gasteiger partial charge in [-0.3, -0.25) is 18.6 Å². The summed E-state index contributed by atoms with van der Waals surface area (Å²) in [4.78, 5) is 35.1. The van der Waals surface area contributed by atoms with Crippen LogP contribution < -0.4 is 5.73 Å². The molecular weight excluding hydrogens is 882 g/mol. The standard InChI is InChI=1S/C59H112NO8P/c1-3-5-7-9-11-13-15-17-19-20-21-22-23-24-25-26-27-28-29-30-31-32-33-34-35-36-38-39-41-43-45-47-49-51-58(61)65-55-57(56-67-69(63,64)66-54-53-60)68-59(62)52-50-48-46-44-42-40-37-18-16-14-12-10-8-6-4-2/h12,14,18,20-21,37,57H,3-11,13,15-17,19,22-36,38-56,60H2,1-2H3,(H,63,64)/b14-12-,21-20-,37-18-. The molecule has 0 amide bonds. The number of esters is 2. The van der Waals surface area contributed by atoms with Crippen molar-refractivity contribution in [2.24, 2.45) is 5.73 Å². The fourth-order valence-electron chi connectivity index (χ4n) is 8.60. The molecule has 0 bridgehead atoms. The van der Waals surface area contributed by atoms with Crippen LogP contribution in [0, 0.1) is 0 Å². The third-order valence-corrected chi connectivity index (χ3v) is 14.0. The maximum Gasteiger partial charge on any atom is 0.472 e. The Hall–Kier alpha value is -1.77. The highest BCUT2D eigenvalue weighted by atomic mass is 31.2. The van der Waals surface area contributed by atoms with E-state index in [9.17, 15) is 19.0 Å². The largest absolute Gasteiger partial charge is 0.472 e. The van der Waals surface area contributed by atoms with Gasteiger partial charge in [0.25, 0.3) is 0 Å². The summed E-state index contributed by atoms with van der Waals surface area (Å²) in [6.45, 7) is 3.73. The molecule has 0 aliphatic carbocycles. The zero-order valence-electron chi connectivity index (χ0n) is 45.3. The highest BCUT2D eigenvalue weighted by molar-refractivity contribution is 7.47. The second-order valence-corrected chi connectivity index (χ2v) is 21.3. The minimum absolute atomic E-state index is 0.0520. The number of carbonyl (C=O) groups excluding carboxylic acids is 2. The van der Waals surface area contributed by atoms with E-state index in [1.54, 1.807) is 0 Å². The van der Waals surface area contributed by atoms with Crippen molar-refractivity contribution in [2.45, 2.75) is 302 Å². The topological polar surface area (TPSA) is 134 Å². The maximum atomic E-state index is 12.6. The number of nitrogens with two attached hydrogens (primary N) is 1. The summed E-state index contributed by atoms with van der Waals surface area (Å²) in [7, 11) is -4.39. The van der Waals surface area contributed by atoms with Crippen molar-refractivity contribution in [1.29, 1.82) is 0 Å². The van der Waals surface area contributed by atoms with E-state index in [-0.39, 0.29) is 38.6 Å². The molecule has 0 spiro atoms. The number of hydrogen-bond acceptors (Lipinski definition) is 8. The van der Waals surface area contributed by atoms with Crippen molar-refractivity contribution >= 4 is 19.8 Å². The number of rotatable bonds is 56. The minimum Gasteiger partial charge on any atom is -0.462 e. The summed E-state index contributed by atoms with van der Waals surface area (Å²) in [6.07, 6.45) is 66.5. The zero-order chi connectivity index (χ0) is 50.2. The molecule has 0 aliphatic heterocycles. The van der Waals surface area contributed by atoms with Crippen LogP contribution in [0.5, 0.6) is 0 Å². The number of carbonyl (C=O) groups is 2. The predicted molar refractivity (Wildman–Crippen MR) is 294 cm³/mol. The van der Waals surface area contributed by atoms with Crippen LogP contribution in [0.4, 0.5) is 0 Å². The monoisotopic (exact) mass is 994 g/mol. The second-order valence-electron chi connectivity index (χ2n) is 19.9. The lowest BCUT2D eigenvalue weighted by molar-refractivity contribution is -0.161.